The van der Waals surface area contributed by atoms with Crippen LogP contribution < -0.4 is 5.32 Å². The van der Waals surface area contributed by atoms with E-state index in [1.165, 1.54) is 11.3 Å². The Morgan fingerprint density at radius 2 is 2.28 bits per heavy atom. The zero-order valence-corrected chi connectivity index (χ0v) is 12.8. The number of methoxy groups -OCH3 is 1. The second-order valence-electron chi connectivity index (χ2n) is 3.53. The van der Waals surface area contributed by atoms with E-state index < -0.39 is 0 Å². The van der Waals surface area contributed by atoms with Gasteiger partial charge in [-0.3, -0.25) is 0 Å². The average Bonchev–Trinajstić information content (AvgIpc) is 2.91. The molecule has 0 aromatic carbocycles. The Morgan fingerprint density at radius 1 is 1.44 bits per heavy atom. The summed E-state index contributed by atoms with van der Waals surface area (Å²) in [5.41, 5.74) is 1.79. The summed E-state index contributed by atoms with van der Waals surface area (Å²) in [5.74, 6) is 0. The molecule has 0 aliphatic carbocycles. The normalized spacial score (nSPS) is 11.1. The van der Waals surface area contributed by atoms with Gasteiger partial charge in [0.05, 0.1) is 16.6 Å². The van der Waals surface area contributed by atoms with Crippen molar-refractivity contribution in [2.75, 3.05) is 20.3 Å². The van der Waals surface area contributed by atoms with Gasteiger partial charge in [-0.15, -0.1) is 22.7 Å². The van der Waals surface area contributed by atoms with Gasteiger partial charge in [0.15, 0.2) is 0 Å². The maximum Gasteiger partial charge on any atom is 0.107 e. The summed E-state index contributed by atoms with van der Waals surface area (Å²) in [5, 5.41) is 6.28. The quantitative estimate of drug-likeness (QED) is 0.818. The zero-order valence-electron chi connectivity index (χ0n) is 9.70. The number of rotatable bonds is 6. The number of aromatic nitrogens is 1. The molecule has 0 radical (unpaired) electrons. The highest BCUT2D eigenvalue weighted by Crippen LogP contribution is 2.38. The van der Waals surface area contributed by atoms with Gasteiger partial charge in [0.2, 0.25) is 0 Å². The molecule has 0 amide bonds. The van der Waals surface area contributed by atoms with Crippen molar-refractivity contribution in [3.63, 3.8) is 0 Å². The highest BCUT2D eigenvalue weighted by Gasteiger charge is 2.11. The van der Waals surface area contributed by atoms with E-state index >= 15 is 0 Å². The minimum absolute atomic E-state index is 0.683. The van der Waals surface area contributed by atoms with Crippen molar-refractivity contribution in [3.05, 3.63) is 25.1 Å². The first kappa shape index (κ1) is 14.2. The molecule has 18 heavy (non-hydrogen) atoms. The van der Waals surface area contributed by atoms with E-state index in [1.54, 1.807) is 18.4 Å². The molecular weight excluding hydrogens is 311 g/mol. The molecule has 0 atom stereocenters. The largest absolute Gasteiger partial charge is 0.383 e. The van der Waals surface area contributed by atoms with Crippen molar-refractivity contribution in [2.24, 2.45) is 0 Å². The van der Waals surface area contributed by atoms with Crippen LogP contribution >= 0.6 is 45.9 Å². The monoisotopic (exact) mass is 322 g/mol. The highest BCUT2D eigenvalue weighted by molar-refractivity contribution is 7.20. The lowest BCUT2D eigenvalue weighted by Crippen LogP contribution is -2.18. The second-order valence-corrected chi connectivity index (χ2v) is 6.76. The van der Waals surface area contributed by atoms with Crippen LogP contribution in [0.4, 0.5) is 0 Å². The van der Waals surface area contributed by atoms with Crippen molar-refractivity contribution in [2.45, 2.75) is 6.54 Å². The van der Waals surface area contributed by atoms with Crippen LogP contribution in [0.2, 0.25) is 8.67 Å². The molecule has 2 rings (SSSR count). The number of halogens is 2. The summed E-state index contributed by atoms with van der Waals surface area (Å²) in [7, 11) is 1.69. The minimum Gasteiger partial charge on any atom is -0.383 e. The van der Waals surface area contributed by atoms with Gasteiger partial charge < -0.3 is 10.1 Å². The van der Waals surface area contributed by atoms with Crippen LogP contribution in [0.5, 0.6) is 0 Å². The SMILES string of the molecule is COCCNCc1nc(-c2cc(Cl)sc2Cl)cs1. The molecule has 0 aliphatic heterocycles. The lowest BCUT2D eigenvalue weighted by Gasteiger charge is -2.00. The van der Waals surface area contributed by atoms with Gasteiger partial charge in [-0.2, -0.15) is 0 Å². The first-order valence-electron chi connectivity index (χ1n) is 5.30. The van der Waals surface area contributed by atoms with Crippen LogP contribution in [-0.4, -0.2) is 25.2 Å². The van der Waals surface area contributed by atoms with Crippen molar-refractivity contribution in [1.82, 2.24) is 10.3 Å². The molecule has 0 spiro atoms. The molecule has 98 valence electrons. The van der Waals surface area contributed by atoms with Gasteiger partial charge in [0, 0.05) is 31.1 Å². The van der Waals surface area contributed by atoms with Crippen LogP contribution in [0.1, 0.15) is 5.01 Å². The standard InChI is InChI=1S/C11H12Cl2N2OS2/c1-16-3-2-14-5-10-15-8(6-17-10)7-4-9(12)18-11(7)13/h4,6,14H,2-3,5H2,1H3. The van der Waals surface area contributed by atoms with E-state index in [2.05, 4.69) is 10.3 Å². The average molecular weight is 323 g/mol. The van der Waals surface area contributed by atoms with Gasteiger partial charge in [-0.25, -0.2) is 4.98 Å². The zero-order chi connectivity index (χ0) is 13.0. The summed E-state index contributed by atoms with van der Waals surface area (Å²) < 4.78 is 6.33. The molecule has 0 saturated heterocycles. The number of nitrogens with one attached hydrogen (secondary N) is 1. The summed E-state index contributed by atoms with van der Waals surface area (Å²) in [6.07, 6.45) is 0. The van der Waals surface area contributed by atoms with E-state index in [-0.39, 0.29) is 0 Å². The predicted octanol–water partition coefficient (Wildman–Crippen LogP) is 3.91. The molecule has 1 N–H and O–H groups in total. The highest BCUT2D eigenvalue weighted by atomic mass is 35.5. The number of hydrogen-bond donors (Lipinski definition) is 1. The molecule has 2 heterocycles. The Hall–Kier alpha value is -0.170. The Kier molecular flexibility index (Phi) is 5.41. The minimum atomic E-state index is 0.683. The van der Waals surface area contributed by atoms with Gasteiger partial charge in [-0.05, 0) is 6.07 Å². The smallest absolute Gasteiger partial charge is 0.107 e. The van der Waals surface area contributed by atoms with Crippen LogP contribution in [0, 0.1) is 0 Å². The maximum absolute atomic E-state index is 6.10. The van der Waals surface area contributed by atoms with E-state index in [1.807, 2.05) is 11.4 Å². The van der Waals surface area contributed by atoms with E-state index in [4.69, 9.17) is 27.9 Å². The Bertz CT molecular complexity index is 513. The third-order valence-electron chi connectivity index (χ3n) is 2.24. The number of thiazole rings is 1. The van der Waals surface area contributed by atoms with Crippen LogP contribution in [-0.2, 0) is 11.3 Å². The Balaban J connectivity index is 1.99. The van der Waals surface area contributed by atoms with Crippen molar-refractivity contribution >= 4 is 45.9 Å². The fourth-order valence-electron chi connectivity index (χ4n) is 1.40. The van der Waals surface area contributed by atoms with E-state index in [0.29, 0.717) is 15.3 Å². The number of ether oxygens (including phenoxy) is 1. The third-order valence-corrected chi connectivity index (χ3v) is 4.58. The van der Waals surface area contributed by atoms with Crippen LogP contribution in [0.15, 0.2) is 11.4 Å². The summed E-state index contributed by atoms with van der Waals surface area (Å²) in [6.45, 7) is 2.25. The van der Waals surface area contributed by atoms with Crippen molar-refractivity contribution < 1.29 is 4.74 Å². The van der Waals surface area contributed by atoms with Gasteiger partial charge >= 0.3 is 0 Å². The summed E-state index contributed by atoms with van der Waals surface area (Å²) >= 11 is 15.0. The van der Waals surface area contributed by atoms with Gasteiger partial charge in [0.25, 0.3) is 0 Å². The van der Waals surface area contributed by atoms with Crippen LogP contribution in [0.25, 0.3) is 11.3 Å². The summed E-state index contributed by atoms with van der Waals surface area (Å²) in [6, 6.07) is 1.85. The first-order valence-corrected chi connectivity index (χ1v) is 7.75. The Morgan fingerprint density at radius 3 is 2.94 bits per heavy atom. The topological polar surface area (TPSA) is 34.1 Å². The molecule has 2 aromatic rings. The fraction of sp³-hybridized carbons (Fsp3) is 0.364. The van der Waals surface area contributed by atoms with Crippen LogP contribution in [0.3, 0.4) is 0 Å². The number of hydrogen-bond acceptors (Lipinski definition) is 5. The number of nitrogens with zero attached hydrogens (tertiary/aromatic N) is 1. The molecule has 0 aliphatic rings. The third kappa shape index (κ3) is 3.66. The molecule has 7 heteroatoms. The van der Waals surface area contributed by atoms with Gasteiger partial charge in [-0.1, -0.05) is 23.2 Å². The molecular formula is C11H12Cl2N2OS2. The molecule has 2 aromatic heterocycles. The second kappa shape index (κ2) is 6.84. The Labute approximate surface area is 124 Å². The molecule has 0 saturated carbocycles. The van der Waals surface area contributed by atoms with Crippen molar-refractivity contribution in [1.29, 1.82) is 0 Å². The molecule has 0 fully saturated rings. The fourth-order valence-corrected chi connectivity index (χ4v) is 3.65. The molecule has 0 bridgehead atoms. The maximum atomic E-state index is 6.10. The van der Waals surface area contributed by atoms with Gasteiger partial charge in [0.1, 0.15) is 9.34 Å². The van der Waals surface area contributed by atoms with E-state index in [9.17, 15) is 0 Å². The number of thiophene rings is 1. The predicted molar refractivity (Wildman–Crippen MR) is 79.0 cm³/mol. The lowest BCUT2D eigenvalue weighted by atomic mass is 10.3. The lowest BCUT2D eigenvalue weighted by molar-refractivity contribution is 0.199. The summed E-state index contributed by atoms with van der Waals surface area (Å²) in [4.78, 5) is 4.53. The first-order chi connectivity index (χ1) is 8.70. The van der Waals surface area contributed by atoms with Crippen molar-refractivity contribution in [3.8, 4) is 11.3 Å². The van der Waals surface area contributed by atoms with E-state index in [0.717, 1.165) is 29.4 Å². The molecule has 3 nitrogen and oxygen atoms in total. The molecule has 0 unspecified atom stereocenters.